The molecular formula is C14H20O2. The molecular weight excluding hydrogens is 200 g/mol. The summed E-state index contributed by atoms with van der Waals surface area (Å²) < 4.78 is 0. The fourth-order valence-electron chi connectivity index (χ4n) is 3.00. The van der Waals surface area contributed by atoms with Gasteiger partial charge < -0.3 is 0 Å². The average Bonchev–Trinajstić information content (AvgIpc) is 2.16. The first-order chi connectivity index (χ1) is 7.49. The maximum Gasteiger partial charge on any atom is 0.144 e. The molecule has 2 rings (SSSR count). The van der Waals surface area contributed by atoms with Crippen molar-refractivity contribution in [2.75, 3.05) is 0 Å². The standard InChI is InChI=1S/C14H20O2/c1-14(2)8-11(15)13(12(16)9-14)10-6-4-3-5-7-10/h4,6,10,13H,3,5,7-9H2,1-2H3. The summed E-state index contributed by atoms with van der Waals surface area (Å²) in [4.78, 5) is 24.1. The lowest BCUT2D eigenvalue weighted by Crippen LogP contribution is -2.41. The molecule has 0 aromatic carbocycles. The number of ketones is 2. The Balaban J connectivity index is 2.16. The van der Waals surface area contributed by atoms with Gasteiger partial charge in [-0.15, -0.1) is 0 Å². The van der Waals surface area contributed by atoms with Crippen molar-refractivity contribution in [2.24, 2.45) is 17.3 Å². The molecule has 1 unspecified atom stereocenters. The summed E-state index contributed by atoms with van der Waals surface area (Å²) in [6.07, 6.45) is 8.54. The molecule has 1 atom stereocenters. The first kappa shape index (κ1) is 11.6. The number of Topliss-reactive ketones (excluding diaryl/α,β-unsaturated/α-hetero) is 2. The second-order valence-electron chi connectivity index (χ2n) is 5.95. The summed E-state index contributed by atoms with van der Waals surface area (Å²) in [6, 6.07) is 0. The van der Waals surface area contributed by atoms with Gasteiger partial charge in [-0.1, -0.05) is 26.0 Å². The number of hydrogen-bond acceptors (Lipinski definition) is 2. The monoisotopic (exact) mass is 220 g/mol. The van der Waals surface area contributed by atoms with Gasteiger partial charge in [-0.05, 0) is 30.6 Å². The molecule has 2 aliphatic carbocycles. The molecule has 2 aliphatic rings. The van der Waals surface area contributed by atoms with Crippen LogP contribution in [0.25, 0.3) is 0 Å². The zero-order valence-electron chi connectivity index (χ0n) is 10.2. The predicted octanol–water partition coefficient (Wildman–Crippen LogP) is 2.92. The lowest BCUT2D eigenvalue weighted by Gasteiger charge is -2.35. The molecule has 0 N–H and O–H groups in total. The maximum atomic E-state index is 12.1. The van der Waals surface area contributed by atoms with E-state index < -0.39 is 0 Å². The molecule has 0 aliphatic heterocycles. The van der Waals surface area contributed by atoms with Gasteiger partial charge in [0.15, 0.2) is 0 Å². The Morgan fingerprint density at radius 1 is 1.19 bits per heavy atom. The summed E-state index contributed by atoms with van der Waals surface area (Å²) in [5.41, 5.74) is -0.122. The zero-order valence-corrected chi connectivity index (χ0v) is 10.2. The van der Waals surface area contributed by atoms with Crippen molar-refractivity contribution < 1.29 is 9.59 Å². The predicted molar refractivity (Wildman–Crippen MR) is 63.0 cm³/mol. The van der Waals surface area contributed by atoms with Crippen molar-refractivity contribution in [3.05, 3.63) is 12.2 Å². The van der Waals surface area contributed by atoms with Crippen molar-refractivity contribution in [1.29, 1.82) is 0 Å². The van der Waals surface area contributed by atoms with Gasteiger partial charge in [-0.3, -0.25) is 9.59 Å². The van der Waals surface area contributed by atoms with Crippen LogP contribution in [0.5, 0.6) is 0 Å². The van der Waals surface area contributed by atoms with Crippen LogP contribution in [0.2, 0.25) is 0 Å². The van der Waals surface area contributed by atoms with Gasteiger partial charge in [0, 0.05) is 12.8 Å². The molecule has 0 aromatic heterocycles. The fraction of sp³-hybridized carbons (Fsp3) is 0.714. The van der Waals surface area contributed by atoms with Crippen molar-refractivity contribution in [3.63, 3.8) is 0 Å². The number of allylic oxidation sites excluding steroid dienone is 2. The van der Waals surface area contributed by atoms with Gasteiger partial charge in [0.2, 0.25) is 0 Å². The third kappa shape index (κ3) is 2.26. The van der Waals surface area contributed by atoms with E-state index in [0.717, 1.165) is 19.3 Å². The third-order valence-electron chi connectivity index (χ3n) is 3.72. The van der Waals surface area contributed by atoms with Crippen LogP contribution in [-0.2, 0) is 9.59 Å². The van der Waals surface area contributed by atoms with Crippen LogP contribution in [0.4, 0.5) is 0 Å². The molecule has 1 saturated carbocycles. The minimum Gasteiger partial charge on any atom is -0.299 e. The van der Waals surface area contributed by atoms with Crippen molar-refractivity contribution in [1.82, 2.24) is 0 Å². The SMILES string of the molecule is CC1(C)CC(=O)C(C2C=CCCC2)C(=O)C1. The van der Waals surface area contributed by atoms with Crippen molar-refractivity contribution >= 4 is 11.6 Å². The van der Waals surface area contributed by atoms with Gasteiger partial charge in [0.1, 0.15) is 11.6 Å². The lowest BCUT2D eigenvalue weighted by atomic mass is 9.66. The van der Waals surface area contributed by atoms with Crippen molar-refractivity contribution in [3.8, 4) is 0 Å². The molecule has 0 spiro atoms. The summed E-state index contributed by atoms with van der Waals surface area (Å²) in [6.45, 7) is 4.02. The highest BCUT2D eigenvalue weighted by Crippen LogP contribution is 2.38. The molecule has 16 heavy (non-hydrogen) atoms. The average molecular weight is 220 g/mol. The largest absolute Gasteiger partial charge is 0.299 e. The second kappa shape index (κ2) is 4.15. The molecule has 1 fully saturated rings. The second-order valence-corrected chi connectivity index (χ2v) is 5.95. The van der Waals surface area contributed by atoms with E-state index in [2.05, 4.69) is 12.2 Å². The Labute approximate surface area is 97.1 Å². The molecule has 2 heteroatoms. The van der Waals surface area contributed by atoms with Crippen LogP contribution >= 0.6 is 0 Å². The van der Waals surface area contributed by atoms with Crippen LogP contribution in [0, 0.1) is 17.3 Å². The Morgan fingerprint density at radius 3 is 2.31 bits per heavy atom. The zero-order chi connectivity index (χ0) is 11.8. The number of carbonyl (C=O) groups excluding carboxylic acids is 2. The quantitative estimate of drug-likeness (QED) is 0.503. The van der Waals surface area contributed by atoms with E-state index >= 15 is 0 Å². The van der Waals surface area contributed by atoms with Crippen LogP contribution in [0.15, 0.2) is 12.2 Å². The van der Waals surface area contributed by atoms with Gasteiger partial charge in [-0.25, -0.2) is 0 Å². The minimum atomic E-state index is -0.329. The van der Waals surface area contributed by atoms with E-state index in [1.165, 1.54) is 0 Å². The highest BCUT2D eigenvalue weighted by molar-refractivity contribution is 6.05. The van der Waals surface area contributed by atoms with Gasteiger partial charge in [-0.2, -0.15) is 0 Å². The van der Waals surface area contributed by atoms with Crippen LogP contribution in [-0.4, -0.2) is 11.6 Å². The van der Waals surface area contributed by atoms with E-state index in [0.29, 0.717) is 12.8 Å². The van der Waals surface area contributed by atoms with Gasteiger partial charge in [0.25, 0.3) is 0 Å². The Bertz CT molecular complexity index is 319. The molecule has 0 bridgehead atoms. The van der Waals surface area contributed by atoms with Crippen LogP contribution in [0.1, 0.15) is 46.0 Å². The summed E-state index contributed by atoms with van der Waals surface area (Å²) in [5, 5.41) is 0. The summed E-state index contributed by atoms with van der Waals surface area (Å²) in [7, 11) is 0. The molecule has 0 amide bonds. The van der Waals surface area contributed by atoms with Gasteiger partial charge >= 0.3 is 0 Å². The molecule has 0 aromatic rings. The van der Waals surface area contributed by atoms with E-state index in [-0.39, 0.29) is 28.8 Å². The van der Waals surface area contributed by atoms with Gasteiger partial charge in [0.05, 0.1) is 5.92 Å². The lowest BCUT2D eigenvalue weighted by molar-refractivity contribution is -0.141. The molecule has 2 nitrogen and oxygen atoms in total. The maximum absolute atomic E-state index is 12.1. The van der Waals surface area contributed by atoms with E-state index in [1.807, 2.05) is 13.8 Å². The molecule has 0 radical (unpaired) electrons. The Kier molecular flexibility index (Phi) is 3.00. The Hall–Kier alpha value is -0.920. The van der Waals surface area contributed by atoms with Crippen LogP contribution in [0.3, 0.4) is 0 Å². The molecule has 88 valence electrons. The number of hydrogen-bond donors (Lipinski definition) is 0. The van der Waals surface area contributed by atoms with E-state index in [4.69, 9.17) is 0 Å². The summed E-state index contributed by atoms with van der Waals surface area (Å²) >= 11 is 0. The van der Waals surface area contributed by atoms with E-state index in [9.17, 15) is 9.59 Å². The molecule has 0 saturated heterocycles. The topological polar surface area (TPSA) is 34.1 Å². The number of rotatable bonds is 1. The first-order valence-corrected chi connectivity index (χ1v) is 6.22. The summed E-state index contributed by atoms with van der Waals surface area (Å²) in [5.74, 6) is 0.185. The molecule has 0 heterocycles. The fourth-order valence-corrected chi connectivity index (χ4v) is 3.00. The minimum absolute atomic E-state index is 0.122. The van der Waals surface area contributed by atoms with Crippen LogP contribution < -0.4 is 0 Å². The first-order valence-electron chi connectivity index (χ1n) is 6.22. The van der Waals surface area contributed by atoms with Crippen molar-refractivity contribution in [2.45, 2.75) is 46.0 Å². The third-order valence-corrected chi connectivity index (χ3v) is 3.72. The number of carbonyl (C=O) groups is 2. The normalized spacial score (nSPS) is 30.8. The smallest absolute Gasteiger partial charge is 0.144 e. The highest BCUT2D eigenvalue weighted by Gasteiger charge is 2.42. The Morgan fingerprint density at radius 2 is 1.81 bits per heavy atom. The highest BCUT2D eigenvalue weighted by atomic mass is 16.2. The van der Waals surface area contributed by atoms with E-state index in [1.54, 1.807) is 0 Å².